The first kappa shape index (κ1) is 16.3. The fourth-order valence-electron chi connectivity index (χ4n) is 2.62. The van der Waals surface area contributed by atoms with Gasteiger partial charge in [0.2, 0.25) is 0 Å². The SMILES string of the molecule is CSc1ccc([C@H]2CC(c3ccc(Cl)cc3)=NN2C(N)=S)cc1. The van der Waals surface area contributed by atoms with Gasteiger partial charge in [0.15, 0.2) is 5.11 Å². The van der Waals surface area contributed by atoms with Gasteiger partial charge in [0.05, 0.1) is 11.8 Å². The Hall–Kier alpha value is -1.56. The van der Waals surface area contributed by atoms with Crippen LogP contribution in [-0.2, 0) is 0 Å². The standard InChI is InChI=1S/C17H16ClN3S2/c1-23-14-8-4-12(5-9-14)16-10-15(20-21(16)17(19)22)11-2-6-13(18)7-3-11/h2-9,16H,10H2,1H3,(H2,19,22)/t16-/m1/s1. The van der Waals surface area contributed by atoms with E-state index in [0.29, 0.717) is 5.02 Å². The minimum Gasteiger partial charge on any atom is -0.375 e. The van der Waals surface area contributed by atoms with Gasteiger partial charge in [0.25, 0.3) is 0 Å². The average Bonchev–Trinajstić information content (AvgIpc) is 3.01. The van der Waals surface area contributed by atoms with Crippen molar-refractivity contribution in [3.63, 3.8) is 0 Å². The van der Waals surface area contributed by atoms with E-state index in [-0.39, 0.29) is 11.2 Å². The van der Waals surface area contributed by atoms with Crippen LogP contribution in [0.4, 0.5) is 0 Å². The molecule has 0 amide bonds. The molecule has 0 saturated heterocycles. The number of nitrogens with two attached hydrogens (primary N) is 1. The molecule has 0 fully saturated rings. The first-order valence-electron chi connectivity index (χ1n) is 7.14. The molecule has 0 aromatic heterocycles. The van der Waals surface area contributed by atoms with Gasteiger partial charge in [-0.3, -0.25) is 0 Å². The predicted octanol–water partition coefficient (Wildman–Crippen LogP) is 4.46. The van der Waals surface area contributed by atoms with Crippen LogP contribution in [0.25, 0.3) is 0 Å². The number of thiocarbonyl (C=S) groups is 1. The van der Waals surface area contributed by atoms with Crippen molar-refractivity contribution >= 4 is 46.4 Å². The topological polar surface area (TPSA) is 41.6 Å². The van der Waals surface area contributed by atoms with E-state index in [1.165, 1.54) is 4.90 Å². The van der Waals surface area contributed by atoms with Crippen LogP contribution in [0.3, 0.4) is 0 Å². The number of nitrogens with zero attached hydrogens (tertiary/aromatic N) is 2. The summed E-state index contributed by atoms with van der Waals surface area (Å²) in [7, 11) is 0. The highest BCUT2D eigenvalue weighted by Gasteiger charge is 2.30. The predicted molar refractivity (Wildman–Crippen MR) is 102 cm³/mol. The molecule has 1 aliphatic rings. The van der Waals surface area contributed by atoms with Crippen molar-refractivity contribution in [3.8, 4) is 0 Å². The van der Waals surface area contributed by atoms with Gasteiger partial charge in [-0.15, -0.1) is 11.8 Å². The summed E-state index contributed by atoms with van der Waals surface area (Å²) in [6.45, 7) is 0. The second kappa shape index (κ2) is 6.91. The second-order valence-corrected chi connectivity index (χ2v) is 6.96. The van der Waals surface area contributed by atoms with Gasteiger partial charge in [-0.05, 0) is 53.9 Å². The summed E-state index contributed by atoms with van der Waals surface area (Å²) in [5.74, 6) is 0. The molecule has 0 radical (unpaired) electrons. The molecule has 0 saturated carbocycles. The molecular formula is C17H16ClN3S2. The lowest BCUT2D eigenvalue weighted by Gasteiger charge is -2.22. The van der Waals surface area contributed by atoms with Crippen molar-refractivity contribution in [2.75, 3.05) is 6.26 Å². The fraction of sp³-hybridized carbons (Fsp3) is 0.176. The molecule has 0 aliphatic carbocycles. The van der Waals surface area contributed by atoms with Crippen LogP contribution in [-0.4, -0.2) is 22.1 Å². The van der Waals surface area contributed by atoms with Gasteiger partial charge in [-0.1, -0.05) is 35.9 Å². The Bertz CT molecular complexity index is 741. The monoisotopic (exact) mass is 361 g/mol. The van der Waals surface area contributed by atoms with E-state index in [4.69, 9.17) is 29.6 Å². The van der Waals surface area contributed by atoms with Crippen molar-refractivity contribution in [2.24, 2.45) is 10.8 Å². The molecule has 0 spiro atoms. The molecule has 1 atom stereocenters. The third kappa shape index (κ3) is 3.52. The largest absolute Gasteiger partial charge is 0.375 e. The van der Waals surface area contributed by atoms with Crippen molar-refractivity contribution in [3.05, 3.63) is 64.7 Å². The van der Waals surface area contributed by atoms with Crippen LogP contribution in [0.15, 0.2) is 58.5 Å². The van der Waals surface area contributed by atoms with E-state index < -0.39 is 0 Å². The van der Waals surface area contributed by atoms with Gasteiger partial charge in [-0.2, -0.15) is 5.10 Å². The minimum absolute atomic E-state index is 0.0362. The van der Waals surface area contributed by atoms with Gasteiger partial charge < -0.3 is 5.73 Å². The third-order valence-corrected chi connectivity index (χ3v) is 5.00. The highest BCUT2D eigenvalue weighted by atomic mass is 35.5. The highest BCUT2D eigenvalue weighted by Crippen LogP contribution is 2.33. The Labute approximate surface area is 150 Å². The summed E-state index contributed by atoms with van der Waals surface area (Å²) in [5.41, 5.74) is 9.03. The van der Waals surface area contributed by atoms with Crippen molar-refractivity contribution in [2.45, 2.75) is 17.4 Å². The molecule has 23 heavy (non-hydrogen) atoms. The van der Waals surface area contributed by atoms with Gasteiger partial charge in [-0.25, -0.2) is 5.01 Å². The Balaban J connectivity index is 1.90. The van der Waals surface area contributed by atoms with E-state index in [9.17, 15) is 0 Å². The summed E-state index contributed by atoms with van der Waals surface area (Å²) in [6, 6.07) is 16.2. The average molecular weight is 362 g/mol. The molecule has 0 bridgehead atoms. The van der Waals surface area contributed by atoms with E-state index in [0.717, 1.165) is 23.3 Å². The molecular weight excluding hydrogens is 346 g/mol. The molecule has 1 aliphatic heterocycles. The minimum atomic E-state index is 0.0362. The lowest BCUT2D eigenvalue weighted by molar-refractivity contribution is 0.372. The summed E-state index contributed by atoms with van der Waals surface area (Å²) in [4.78, 5) is 1.23. The van der Waals surface area contributed by atoms with Crippen LogP contribution in [0.5, 0.6) is 0 Å². The maximum Gasteiger partial charge on any atom is 0.187 e. The fourth-order valence-corrected chi connectivity index (χ4v) is 3.32. The molecule has 2 aromatic rings. The lowest BCUT2D eigenvalue weighted by Crippen LogP contribution is -2.31. The summed E-state index contributed by atoms with van der Waals surface area (Å²) in [6.07, 6.45) is 2.82. The van der Waals surface area contributed by atoms with E-state index in [1.54, 1.807) is 16.8 Å². The van der Waals surface area contributed by atoms with E-state index in [2.05, 4.69) is 35.6 Å². The number of hydrogen-bond acceptors (Lipinski definition) is 3. The number of rotatable bonds is 3. The number of hydrazone groups is 1. The molecule has 3 nitrogen and oxygen atoms in total. The Morgan fingerprint density at radius 1 is 1.22 bits per heavy atom. The first-order valence-corrected chi connectivity index (χ1v) is 9.15. The first-order chi connectivity index (χ1) is 11.1. The Kier molecular flexibility index (Phi) is 4.90. The number of hydrogen-bond donors (Lipinski definition) is 1. The molecule has 118 valence electrons. The highest BCUT2D eigenvalue weighted by molar-refractivity contribution is 7.98. The van der Waals surface area contributed by atoms with Crippen LogP contribution in [0, 0.1) is 0 Å². The van der Waals surface area contributed by atoms with Crippen molar-refractivity contribution in [1.82, 2.24) is 5.01 Å². The Morgan fingerprint density at radius 2 is 1.87 bits per heavy atom. The lowest BCUT2D eigenvalue weighted by atomic mass is 9.99. The maximum atomic E-state index is 5.96. The summed E-state index contributed by atoms with van der Waals surface area (Å²) in [5, 5.41) is 7.35. The molecule has 2 N–H and O–H groups in total. The maximum absolute atomic E-state index is 5.96. The van der Waals surface area contributed by atoms with E-state index in [1.807, 2.05) is 24.3 Å². The van der Waals surface area contributed by atoms with E-state index >= 15 is 0 Å². The number of benzene rings is 2. The van der Waals surface area contributed by atoms with Crippen LogP contribution in [0.1, 0.15) is 23.6 Å². The summed E-state index contributed by atoms with van der Waals surface area (Å²) < 4.78 is 0. The zero-order chi connectivity index (χ0) is 16.4. The zero-order valence-corrected chi connectivity index (χ0v) is 15.0. The van der Waals surface area contributed by atoms with Gasteiger partial charge in [0, 0.05) is 16.3 Å². The van der Waals surface area contributed by atoms with Crippen molar-refractivity contribution in [1.29, 1.82) is 0 Å². The molecule has 3 rings (SSSR count). The Morgan fingerprint density at radius 3 is 2.43 bits per heavy atom. The smallest absolute Gasteiger partial charge is 0.187 e. The van der Waals surface area contributed by atoms with Crippen LogP contribution < -0.4 is 5.73 Å². The van der Waals surface area contributed by atoms with Gasteiger partial charge >= 0.3 is 0 Å². The van der Waals surface area contributed by atoms with Gasteiger partial charge in [0.1, 0.15) is 0 Å². The van der Waals surface area contributed by atoms with Crippen LogP contribution >= 0.6 is 35.6 Å². The molecule has 6 heteroatoms. The van der Waals surface area contributed by atoms with Crippen LogP contribution in [0.2, 0.25) is 5.02 Å². The number of thioether (sulfide) groups is 1. The number of halogens is 1. The normalized spacial score (nSPS) is 17.2. The molecule has 0 unspecified atom stereocenters. The molecule has 1 heterocycles. The third-order valence-electron chi connectivity index (χ3n) is 3.81. The second-order valence-electron chi connectivity index (χ2n) is 5.23. The van der Waals surface area contributed by atoms with Crippen molar-refractivity contribution < 1.29 is 0 Å². The zero-order valence-electron chi connectivity index (χ0n) is 12.6. The summed E-state index contributed by atoms with van der Waals surface area (Å²) >= 11 is 12.9. The molecule has 2 aromatic carbocycles. The quantitative estimate of drug-likeness (QED) is 0.647.